The smallest absolute Gasteiger partial charge is 0.242 e. The van der Waals surface area contributed by atoms with Crippen molar-refractivity contribution in [1.82, 2.24) is 10.0 Å². The van der Waals surface area contributed by atoms with E-state index in [0.717, 1.165) is 0 Å². The number of carbonyl (C=O) groups excluding carboxylic acids is 1. The number of sulfonamides is 1. The maximum Gasteiger partial charge on any atom is 0.242 e. The first-order chi connectivity index (χ1) is 17.7. The van der Waals surface area contributed by atoms with Crippen molar-refractivity contribution in [2.45, 2.75) is 31.1 Å². The molecule has 0 radical (unpaired) electrons. The van der Waals surface area contributed by atoms with Crippen molar-refractivity contribution in [3.63, 3.8) is 0 Å². The molecule has 0 spiro atoms. The molecule has 11 nitrogen and oxygen atoms in total. The van der Waals surface area contributed by atoms with Crippen LogP contribution in [0.2, 0.25) is 0 Å². The third-order valence-electron chi connectivity index (χ3n) is 5.46. The maximum absolute atomic E-state index is 13.0. The number of rotatable bonds is 15. The largest absolute Gasteiger partial charge is 0.496 e. The highest BCUT2D eigenvalue weighted by Crippen LogP contribution is 2.34. The molecule has 12 heteroatoms. The van der Waals surface area contributed by atoms with Crippen molar-refractivity contribution >= 4 is 27.7 Å². The van der Waals surface area contributed by atoms with Gasteiger partial charge in [-0.25, -0.2) is 13.1 Å². The summed E-state index contributed by atoms with van der Waals surface area (Å²) in [4.78, 5) is 13.0. The van der Waals surface area contributed by atoms with Crippen molar-refractivity contribution in [2.24, 2.45) is 5.73 Å². The first-order valence-electron chi connectivity index (χ1n) is 11.6. The summed E-state index contributed by atoms with van der Waals surface area (Å²) in [5, 5.41) is 2.64. The summed E-state index contributed by atoms with van der Waals surface area (Å²) >= 11 is 0. The molecule has 0 saturated heterocycles. The zero-order valence-corrected chi connectivity index (χ0v) is 22.4. The molecule has 6 N–H and O–H groups in total. The Balaban J connectivity index is 2.18. The standard InChI is InChI=1S/C25H36N4O7S/c1-33-18-14-23(35-3)19(24(15-18)36-4)10-12-28-25(30)21(7-5-6-11-26)29-37(31,32)16-17-8-9-22(34-2)20(27)13-17/h8-10,12-15,21,29H,5-7,11,16,26-27H2,1-4H3,(H,28,30)/b12-10+/t21-/m0/s1. The van der Waals surface area contributed by atoms with Crippen molar-refractivity contribution in [1.29, 1.82) is 0 Å². The molecule has 0 saturated carbocycles. The van der Waals surface area contributed by atoms with Crippen LogP contribution < -0.4 is 40.5 Å². The quantitative estimate of drug-likeness (QED) is 0.197. The SMILES string of the molecule is COc1cc(OC)c(/C=C/NC(=O)[C@H](CCCCN)NS(=O)(=O)Cc2ccc(OC)c(N)c2)c(OC)c1. The van der Waals surface area contributed by atoms with E-state index in [4.69, 9.17) is 30.4 Å². The van der Waals surface area contributed by atoms with Crippen LogP contribution in [0.15, 0.2) is 36.5 Å². The highest BCUT2D eigenvalue weighted by molar-refractivity contribution is 7.88. The molecule has 2 aromatic rings. The van der Waals surface area contributed by atoms with Crippen LogP contribution in [0.5, 0.6) is 23.0 Å². The number of benzene rings is 2. The number of carbonyl (C=O) groups is 1. The highest BCUT2D eigenvalue weighted by Gasteiger charge is 2.24. The van der Waals surface area contributed by atoms with Crippen molar-refractivity contribution < 1.29 is 32.2 Å². The van der Waals surface area contributed by atoms with E-state index in [2.05, 4.69) is 10.0 Å². The lowest BCUT2D eigenvalue weighted by Gasteiger charge is -2.18. The Morgan fingerprint density at radius 3 is 2.16 bits per heavy atom. The van der Waals surface area contributed by atoms with Gasteiger partial charge < -0.3 is 35.7 Å². The Morgan fingerprint density at radius 2 is 1.62 bits per heavy atom. The summed E-state index contributed by atoms with van der Waals surface area (Å²) in [5.41, 5.74) is 12.8. The van der Waals surface area contributed by atoms with Gasteiger partial charge in [0.25, 0.3) is 0 Å². The van der Waals surface area contributed by atoms with Gasteiger partial charge in [-0.1, -0.05) is 12.5 Å². The second-order valence-electron chi connectivity index (χ2n) is 8.08. The minimum Gasteiger partial charge on any atom is -0.496 e. The van der Waals surface area contributed by atoms with Gasteiger partial charge in [0.2, 0.25) is 15.9 Å². The molecule has 204 valence electrons. The molecule has 0 aliphatic heterocycles. The van der Waals surface area contributed by atoms with Gasteiger partial charge in [-0.3, -0.25) is 4.79 Å². The lowest BCUT2D eigenvalue weighted by atomic mass is 10.1. The van der Waals surface area contributed by atoms with Crippen LogP contribution in [0, 0.1) is 0 Å². The normalized spacial score (nSPS) is 12.2. The Labute approximate surface area is 218 Å². The number of nitrogen functional groups attached to an aromatic ring is 1. The van der Waals surface area contributed by atoms with E-state index < -0.39 is 22.0 Å². The van der Waals surface area contributed by atoms with E-state index in [-0.39, 0.29) is 12.2 Å². The molecule has 0 unspecified atom stereocenters. The average molecular weight is 537 g/mol. The predicted octanol–water partition coefficient (Wildman–Crippen LogP) is 2.01. The number of nitrogens with one attached hydrogen (secondary N) is 2. The second kappa shape index (κ2) is 14.3. The van der Waals surface area contributed by atoms with Crippen LogP contribution in [-0.2, 0) is 20.6 Å². The maximum atomic E-state index is 13.0. The van der Waals surface area contributed by atoms with E-state index in [1.165, 1.54) is 40.7 Å². The Hall–Kier alpha value is -3.48. The number of unbranched alkanes of at least 4 members (excludes halogenated alkanes) is 1. The third-order valence-corrected chi connectivity index (χ3v) is 6.82. The van der Waals surface area contributed by atoms with Gasteiger partial charge >= 0.3 is 0 Å². The van der Waals surface area contributed by atoms with E-state index in [1.54, 1.807) is 30.3 Å². The summed E-state index contributed by atoms with van der Waals surface area (Å²) < 4.78 is 49.4. The lowest BCUT2D eigenvalue weighted by Crippen LogP contribution is -2.45. The van der Waals surface area contributed by atoms with Gasteiger partial charge in [0, 0.05) is 18.3 Å². The average Bonchev–Trinajstić information content (AvgIpc) is 2.87. The Bertz CT molecular complexity index is 1160. The molecule has 0 aliphatic carbocycles. The zero-order chi connectivity index (χ0) is 27.4. The molecule has 0 bridgehead atoms. The van der Waals surface area contributed by atoms with Crippen LogP contribution in [0.4, 0.5) is 5.69 Å². The Morgan fingerprint density at radius 1 is 0.973 bits per heavy atom. The molecule has 37 heavy (non-hydrogen) atoms. The summed E-state index contributed by atoms with van der Waals surface area (Å²) in [7, 11) is 2.13. The van der Waals surface area contributed by atoms with Gasteiger partial charge in [0.15, 0.2) is 0 Å². The molecular formula is C25H36N4O7S. The summed E-state index contributed by atoms with van der Waals surface area (Å²) in [6, 6.07) is 7.09. The fourth-order valence-electron chi connectivity index (χ4n) is 3.59. The molecule has 1 atom stereocenters. The molecule has 0 aromatic heterocycles. The van der Waals surface area contributed by atoms with Crippen molar-refractivity contribution in [3.8, 4) is 23.0 Å². The van der Waals surface area contributed by atoms with Crippen molar-refractivity contribution in [3.05, 3.63) is 47.7 Å². The second-order valence-corrected chi connectivity index (χ2v) is 9.83. The number of hydrogen-bond donors (Lipinski definition) is 4. The number of nitrogens with two attached hydrogens (primary N) is 2. The third kappa shape index (κ3) is 8.85. The molecule has 0 heterocycles. The minimum absolute atomic E-state index is 0.274. The molecule has 0 fully saturated rings. The van der Waals surface area contributed by atoms with Crippen LogP contribution in [0.1, 0.15) is 30.4 Å². The first kappa shape index (κ1) is 29.7. The first-order valence-corrected chi connectivity index (χ1v) is 13.2. The summed E-state index contributed by atoms with van der Waals surface area (Å²) in [5.74, 6) is 1.07. The number of methoxy groups -OCH3 is 4. The fraction of sp³-hybridized carbons (Fsp3) is 0.400. The van der Waals surface area contributed by atoms with Gasteiger partial charge in [0.1, 0.15) is 29.0 Å². The molecule has 2 rings (SSSR count). The van der Waals surface area contributed by atoms with Crippen LogP contribution in [0.25, 0.3) is 6.08 Å². The van der Waals surface area contributed by atoms with E-state index in [0.29, 0.717) is 59.2 Å². The number of ether oxygens (including phenoxy) is 4. The molecule has 0 aliphatic rings. The summed E-state index contributed by atoms with van der Waals surface area (Å²) in [6.45, 7) is 0.434. The molecule has 1 amide bonds. The fourth-order valence-corrected chi connectivity index (χ4v) is 4.95. The number of hydrogen-bond acceptors (Lipinski definition) is 9. The van der Waals surface area contributed by atoms with Gasteiger partial charge in [0.05, 0.1) is 45.4 Å². The van der Waals surface area contributed by atoms with Crippen LogP contribution in [-0.4, -0.2) is 55.4 Å². The monoisotopic (exact) mass is 536 g/mol. The molecule has 2 aromatic carbocycles. The van der Waals surface area contributed by atoms with Crippen LogP contribution in [0.3, 0.4) is 0 Å². The lowest BCUT2D eigenvalue weighted by molar-refractivity contribution is -0.121. The van der Waals surface area contributed by atoms with E-state index >= 15 is 0 Å². The van der Waals surface area contributed by atoms with Crippen molar-refractivity contribution in [2.75, 3.05) is 40.7 Å². The number of anilines is 1. The predicted molar refractivity (Wildman–Crippen MR) is 143 cm³/mol. The number of amides is 1. The zero-order valence-electron chi connectivity index (χ0n) is 21.6. The highest BCUT2D eigenvalue weighted by atomic mass is 32.2. The van der Waals surface area contributed by atoms with E-state index in [9.17, 15) is 13.2 Å². The Kier molecular flexibility index (Phi) is 11.5. The molecular weight excluding hydrogens is 500 g/mol. The topological polar surface area (TPSA) is 164 Å². The summed E-state index contributed by atoms with van der Waals surface area (Å²) in [6.07, 6.45) is 4.49. The minimum atomic E-state index is -3.88. The van der Waals surface area contributed by atoms with E-state index in [1.807, 2.05) is 0 Å². The van der Waals surface area contributed by atoms with Gasteiger partial charge in [-0.15, -0.1) is 0 Å². The van der Waals surface area contributed by atoms with Gasteiger partial charge in [-0.05, 0) is 43.2 Å². The van der Waals surface area contributed by atoms with Crippen LogP contribution >= 0.6 is 0 Å². The van der Waals surface area contributed by atoms with Gasteiger partial charge in [-0.2, -0.15) is 0 Å².